The number of ether oxygens (including phenoxy) is 1. The number of hydrogen-bond donors (Lipinski definition) is 2. The van der Waals surface area contributed by atoms with E-state index >= 15 is 4.39 Å². The molecule has 1 aliphatic carbocycles. The average molecular weight is 714 g/mol. The maximum absolute atomic E-state index is 15.3. The number of carbonyl (C=O) groups excluding carboxylic acids is 2. The van der Waals surface area contributed by atoms with Gasteiger partial charge < -0.3 is 29.5 Å². The number of rotatable bonds is 5. The number of aliphatic hydroxyl groups excluding tert-OH is 1. The van der Waals surface area contributed by atoms with Gasteiger partial charge in [-0.1, -0.05) is 43.3 Å². The molecule has 11 nitrogen and oxygen atoms in total. The lowest BCUT2D eigenvalue weighted by molar-refractivity contribution is -0.220. The van der Waals surface area contributed by atoms with Crippen LogP contribution in [0, 0.1) is 12.7 Å². The third-order valence-corrected chi connectivity index (χ3v) is 11.4. The minimum Gasteiger partial charge on any atom is -0.861 e. The second-order valence-electron chi connectivity index (χ2n) is 14.3. The zero-order chi connectivity index (χ0) is 36.9. The average Bonchev–Trinajstić information content (AvgIpc) is 3.53. The summed E-state index contributed by atoms with van der Waals surface area (Å²) in [7, 11) is 0. The van der Waals surface area contributed by atoms with Crippen LogP contribution in [0.1, 0.15) is 81.2 Å². The summed E-state index contributed by atoms with van der Waals surface area (Å²) in [6, 6.07) is 17.2. The van der Waals surface area contributed by atoms with Gasteiger partial charge in [-0.05, 0) is 83.7 Å². The number of aryl methyl sites for hydroxylation is 1. The summed E-state index contributed by atoms with van der Waals surface area (Å²) in [4.78, 5) is 51.0. The van der Waals surface area contributed by atoms with Crippen LogP contribution < -0.4 is 10.7 Å². The Morgan fingerprint density at radius 3 is 2.64 bits per heavy atom. The van der Waals surface area contributed by atoms with Gasteiger partial charge in [-0.3, -0.25) is 14.6 Å². The van der Waals surface area contributed by atoms with Crippen LogP contribution in [0.4, 0.5) is 4.39 Å². The number of esters is 1. The summed E-state index contributed by atoms with van der Waals surface area (Å²) in [6.07, 6.45) is -0.220. The number of aromatic nitrogens is 2. The minimum absolute atomic E-state index is 0.0151. The number of aliphatic imine (C=N–C) groups is 1. The molecule has 2 N–H and O–H groups in total. The Labute approximate surface area is 302 Å². The van der Waals surface area contributed by atoms with E-state index in [1.807, 2.05) is 42.5 Å². The molecule has 2 unspecified atom stereocenters. The number of fused-ring (bicyclic) bond motifs is 6. The normalized spacial score (nSPS) is 21.6. The monoisotopic (exact) mass is 713 g/mol. The SMILES string of the molecule is CC[C@@]1(O)C(=O)OCc2c1cc1n(c2=O)Cc2c-1nc1cc(F)c(C)c3c1c2C(N=C([O-])CN1CC(O)c2cc(-c4ccccc4)ccc2C1=O)CC3. The van der Waals surface area contributed by atoms with Crippen molar-refractivity contribution in [3.8, 4) is 22.5 Å². The first-order valence-electron chi connectivity index (χ1n) is 17.7. The van der Waals surface area contributed by atoms with Crippen LogP contribution in [-0.2, 0) is 34.7 Å². The summed E-state index contributed by atoms with van der Waals surface area (Å²) in [5.74, 6) is -2.21. The van der Waals surface area contributed by atoms with Crippen LogP contribution in [0.5, 0.6) is 0 Å². The molecule has 3 atom stereocenters. The van der Waals surface area contributed by atoms with Crippen LogP contribution in [0.25, 0.3) is 33.4 Å². The first kappa shape index (κ1) is 33.1. The second kappa shape index (κ2) is 11.9. The standard InChI is InChI=1S/C41H35FN4O7/c1-3-41(52)28-14-32-37-26(16-46(32)39(50)27(28)19-53-40(41)51)36-30(12-11-23-20(2)29(42)15-31(44-37)35(23)36)43-34(48)18-45-17-33(47)25-13-22(9-10-24(25)38(45)49)21-7-5-4-6-8-21/h4-10,13-15,30,33,47,52H,3,11-12,16-19H2,1-2H3,(H,43,48)/p-1/t30?,33?,41-/m0/s1. The third-order valence-electron chi connectivity index (χ3n) is 11.4. The highest BCUT2D eigenvalue weighted by Gasteiger charge is 2.46. The van der Waals surface area contributed by atoms with Crippen molar-refractivity contribution < 1.29 is 34.0 Å². The number of amides is 1. The fourth-order valence-corrected chi connectivity index (χ4v) is 8.58. The highest BCUT2D eigenvalue weighted by atomic mass is 19.1. The van der Waals surface area contributed by atoms with Crippen molar-refractivity contribution in [3.05, 3.63) is 121 Å². The lowest BCUT2D eigenvalue weighted by Gasteiger charge is -2.34. The van der Waals surface area contributed by atoms with Gasteiger partial charge in [0.15, 0.2) is 5.60 Å². The maximum Gasteiger partial charge on any atom is 0.343 e. The summed E-state index contributed by atoms with van der Waals surface area (Å²) < 4.78 is 22.0. The van der Waals surface area contributed by atoms with E-state index < -0.39 is 41.0 Å². The van der Waals surface area contributed by atoms with Crippen LogP contribution in [0.3, 0.4) is 0 Å². The number of pyridine rings is 2. The van der Waals surface area contributed by atoms with Crippen LogP contribution in [0.15, 0.2) is 70.5 Å². The Kier molecular flexibility index (Phi) is 7.44. The smallest absolute Gasteiger partial charge is 0.343 e. The molecule has 0 saturated carbocycles. The Morgan fingerprint density at radius 2 is 1.87 bits per heavy atom. The quantitative estimate of drug-likeness (QED) is 0.154. The molecule has 4 aliphatic rings. The lowest BCUT2D eigenvalue weighted by atomic mass is 9.82. The molecule has 0 saturated heterocycles. The van der Waals surface area contributed by atoms with Crippen LogP contribution in [0.2, 0.25) is 0 Å². The molecule has 5 aromatic rings. The van der Waals surface area contributed by atoms with Gasteiger partial charge in [0.1, 0.15) is 12.4 Å². The van der Waals surface area contributed by atoms with E-state index in [4.69, 9.17) is 9.72 Å². The fourth-order valence-electron chi connectivity index (χ4n) is 8.58. The molecule has 53 heavy (non-hydrogen) atoms. The van der Waals surface area contributed by atoms with Crippen molar-refractivity contribution in [2.45, 2.75) is 64.0 Å². The Bertz CT molecular complexity index is 2530. The zero-order valence-corrected chi connectivity index (χ0v) is 29.0. The zero-order valence-electron chi connectivity index (χ0n) is 29.0. The molecule has 9 rings (SSSR count). The second-order valence-corrected chi connectivity index (χ2v) is 14.3. The van der Waals surface area contributed by atoms with Crippen LogP contribution >= 0.6 is 0 Å². The first-order valence-corrected chi connectivity index (χ1v) is 17.7. The Morgan fingerprint density at radius 1 is 1.08 bits per heavy atom. The number of carbonyl (C=O) groups is 2. The largest absolute Gasteiger partial charge is 0.861 e. The van der Waals surface area contributed by atoms with Gasteiger partial charge in [-0.25, -0.2) is 14.2 Å². The number of cyclic esters (lactones) is 1. The molecule has 3 aromatic carbocycles. The number of nitrogens with zero attached hydrogens (tertiary/aromatic N) is 4. The van der Waals surface area contributed by atoms with E-state index in [9.17, 15) is 29.7 Å². The van der Waals surface area contributed by atoms with Crippen molar-refractivity contribution in [3.63, 3.8) is 0 Å². The summed E-state index contributed by atoms with van der Waals surface area (Å²) in [5, 5.41) is 36.9. The van der Waals surface area contributed by atoms with E-state index in [-0.39, 0.29) is 49.7 Å². The van der Waals surface area contributed by atoms with Crippen molar-refractivity contribution in [2.24, 2.45) is 4.99 Å². The molecule has 12 heteroatoms. The van der Waals surface area contributed by atoms with Crippen molar-refractivity contribution in [2.75, 3.05) is 13.1 Å². The topological polar surface area (TPSA) is 157 Å². The van der Waals surface area contributed by atoms with E-state index in [0.29, 0.717) is 62.9 Å². The summed E-state index contributed by atoms with van der Waals surface area (Å²) in [5.41, 5.74) is 4.15. The van der Waals surface area contributed by atoms with Gasteiger partial charge in [-0.2, -0.15) is 0 Å². The third kappa shape index (κ3) is 4.89. The van der Waals surface area contributed by atoms with Gasteiger partial charge in [0.2, 0.25) is 0 Å². The number of aliphatic hydroxyl groups is 2. The van der Waals surface area contributed by atoms with E-state index in [2.05, 4.69) is 4.99 Å². The molecular weight excluding hydrogens is 679 g/mol. The predicted octanol–water partition coefficient (Wildman–Crippen LogP) is 4.13. The number of benzene rings is 3. The first-order chi connectivity index (χ1) is 25.5. The highest BCUT2D eigenvalue weighted by molar-refractivity contribution is 5.99. The van der Waals surface area contributed by atoms with Gasteiger partial charge in [0, 0.05) is 34.7 Å². The molecule has 2 aromatic heterocycles. The molecule has 0 spiro atoms. The molecular formula is C41H34FN4O7-. The Balaban J connectivity index is 1.11. The van der Waals surface area contributed by atoms with Gasteiger partial charge in [0.25, 0.3) is 11.5 Å². The molecule has 0 fully saturated rings. The Hall–Kier alpha value is -5.72. The van der Waals surface area contributed by atoms with Crippen molar-refractivity contribution >= 4 is 28.7 Å². The van der Waals surface area contributed by atoms with E-state index in [0.717, 1.165) is 16.7 Å². The van der Waals surface area contributed by atoms with Crippen LogP contribution in [-0.4, -0.2) is 55.5 Å². The molecule has 3 aliphatic heterocycles. The molecule has 0 bridgehead atoms. The van der Waals surface area contributed by atoms with E-state index in [1.54, 1.807) is 26.0 Å². The number of β-amino-alcohol motifs (C(OH)–C–C–N with tert-alkyl or cyclic N) is 1. The maximum atomic E-state index is 15.3. The van der Waals surface area contributed by atoms with Gasteiger partial charge >= 0.3 is 5.97 Å². The summed E-state index contributed by atoms with van der Waals surface area (Å²) in [6.45, 7) is 2.70. The lowest BCUT2D eigenvalue weighted by Crippen LogP contribution is -2.45. The predicted molar refractivity (Wildman–Crippen MR) is 190 cm³/mol. The molecule has 0 radical (unpaired) electrons. The molecule has 5 heterocycles. The highest BCUT2D eigenvalue weighted by Crippen LogP contribution is 2.47. The fraction of sp³-hybridized carbons (Fsp3) is 0.293. The summed E-state index contributed by atoms with van der Waals surface area (Å²) >= 11 is 0. The van der Waals surface area contributed by atoms with Crippen molar-refractivity contribution in [1.82, 2.24) is 14.5 Å². The minimum atomic E-state index is -2.01. The molecule has 268 valence electrons. The number of halogens is 1. The van der Waals surface area contributed by atoms with Gasteiger partial charge in [-0.15, -0.1) is 0 Å². The molecule has 1 amide bonds. The van der Waals surface area contributed by atoms with Gasteiger partial charge in [0.05, 0.1) is 47.7 Å². The van der Waals surface area contributed by atoms with Crippen molar-refractivity contribution in [1.29, 1.82) is 0 Å². The van der Waals surface area contributed by atoms with E-state index in [1.165, 1.54) is 15.5 Å². The number of hydrogen-bond acceptors (Lipinski definition) is 9.